The first kappa shape index (κ1) is 17.7. The fourth-order valence-electron chi connectivity index (χ4n) is 3.32. The number of rotatable bonds is 5. The molecular formula is C20H27N3O2. The number of amides is 1. The number of hydrogen-bond donors (Lipinski definition) is 2. The maximum absolute atomic E-state index is 12.7. The van der Waals surface area contributed by atoms with E-state index in [1.54, 1.807) is 0 Å². The first-order valence-electron chi connectivity index (χ1n) is 9.14. The zero-order chi connectivity index (χ0) is 17.8. The van der Waals surface area contributed by atoms with Crippen molar-refractivity contribution in [3.8, 4) is 11.3 Å². The van der Waals surface area contributed by atoms with Crippen LogP contribution in [-0.4, -0.2) is 38.5 Å². The largest absolute Gasteiger partial charge is 0.392 e. The molecule has 5 heteroatoms. The second-order valence-corrected chi connectivity index (χ2v) is 7.16. The van der Waals surface area contributed by atoms with E-state index in [9.17, 15) is 9.90 Å². The number of imidazole rings is 1. The van der Waals surface area contributed by atoms with Crippen molar-refractivity contribution < 1.29 is 9.90 Å². The summed E-state index contributed by atoms with van der Waals surface area (Å²) in [5.74, 6) is 0.940. The van der Waals surface area contributed by atoms with Crippen LogP contribution in [-0.2, 0) is 4.79 Å². The molecule has 2 N–H and O–H groups in total. The van der Waals surface area contributed by atoms with Gasteiger partial charge in [-0.2, -0.15) is 0 Å². The molecule has 0 unspecified atom stereocenters. The lowest BCUT2D eigenvalue weighted by molar-refractivity contribution is -0.138. The number of aromatic amines is 1. The van der Waals surface area contributed by atoms with E-state index in [0.29, 0.717) is 0 Å². The van der Waals surface area contributed by atoms with Crippen LogP contribution in [0.3, 0.4) is 0 Å². The van der Waals surface area contributed by atoms with Crippen molar-refractivity contribution in [2.24, 2.45) is 5.92 Å². The second-order valence-electron chi connectivity index (χ2n) is 7.16. The van der Waals surface area contributed by atoms with E-state index in [-0.39, 0.29) is 24.3 Å². The summed E-state index contributed by atoms with van der Waals surface area (Å²) >= 11 is 0. The Labute approximate surface area is 149 Å². The third-order valence-electron chi connectivity index (χ3n) is 4.97. The molecule has 1 aliphatic heterocycles. The van der Waals surface area contributed by atoms with Crippen molar-refractivity contribution in [3.05, 3.63) is 42.4 Å². The molecule has 1 aromatic carbocycles. The van der Waals surface area contributed by atoms with E-state index >= 15 is 0 Å². The van der Waals surface area contributed by atoms with E-state index in [1.165, 1.54) is 0 Å². The number of carbonyl (C=O) groups excluding carboxylic acids is 1. The van der Waals surface area contributed by atoms with Gasteiger partial charge in [-0.3, -0.25) is 4.79 Å². The number of benzene rings is 1. The molecule has 2 heterocycles. The Morgan fingerprint density at radius 3 is 2.80 bits per heavy atom. The number of nitrogens with one attached hydrogen (secondary N) is 1. The van der Waals surface area contributed by atoms with Gasteiger partial charge < -0.3 is 15.0 Å². The fourth-order valence-corrected chi connectivity index (χ4v) is 3.32. The highest BCUT2D eigenvalue weighted by Crippen LogP contribution is 2.31. The maximum atomic E-state index is 12.7. The molecule has 2 atom stereocenters. The number of aliphatic hydroxyl groups is 1. The van der Waals surface area contributed by atoms with E-state index in [4.69, 9.17) is 0 Å². The zero-order valence-electron chi connectivity index (χ0n) is 15.0. The van der Waals surface area contributed by atoms with Gasteiger partial charge in [0.25, 0.3) is 0 Å². The Bertz CT molecular complexity index is 696. The highest BCUT2D eigenvalue weighted by molar-refractivity contribution is 5.77. The summed E-state index contributed by atoms with van der Waals surface area (Å²) in [6.45, 7) is 4.60. The monoisotopic (exact) mass is 341 g/mol. The van der Waals surface area contributed by atoms with Crippen LogP contribution < -0.4 is 0 Å². The Morgan fingerprint density at radius 2 is 2.08 bits per heavy atom. The van der Waals surface area contributed by atoms with Gasteiger partial charge in [-0.25, -0.2) is 4.98 Å². The molecule has 1 fully saturated rings. The van der Waals surface area contributed by atoms with Gasteiger partial charge in [-0.1, -0.05) is 44.2 Å². The highest BCUT2D eigenvalue weighted by Gasteiger charge is 2.31. The van der Waals surface area contributed by atoms with Crippen LogP contribution in [0.1, 0.15) is 51.4 Å². The quantitative estimate of drug-likeness (QED) is 0.874. The molecule has 1 saturated heterocycles. The van der Waals surface area contributed by atoms with E-state index in [1.807, 2.05) is 55.3 Å². The molecule has 25 heavy (non-hydrogen) atoms. The first-order valence-corrected chi connectivity index (χ1v) is 9.14. The lowest BCUT2D eigenvalue weighted by Crippen LogP contribution is -2.40. The highest BCUT2D eigenvalue weighted by atomic mass is 16.3. The van der Waals surface area contributed by atoms with Crippen molar-refractivity contribution in [1.82, 2.24) is 14.9 Å². The molecule has 134 valence electrons. The standard InChI is InChI=1S/C20H27N3O2/c1-14(2)18(24)12-19(25)23-11-7-6-10-17(23)20-21-13-16(22-20)15-8-4-3-5-9-15/h3-5,8-9,13-14,17-18,24H,6-7,10-12H2,1-2H3,(H,21,22)/t17-,18+/m1/s1. The molecule has 0 bridgehead atoms. The molecule has 1 aliphatic rings. The normalized spacial score (nSPS) is 19.2. The summed E-state index contributed by atoms with van der Waals surface area (Å²) in [6.07, 6.45) is 4.43. The first-order chi connectivity index (χ1) is 12.1. The van der Waals surface area contributed by atoms with Crippen molar-refractivity contribution in [1.29, 1.82) is 0 Å². The van der Waals surface area contributed by atoms with Crippen LogP contribution in [0.15, 0.2) is 36.5 Å². The van der Waals surface area contributed by atoms with Crippen LogP contribution in [0.5, 0.6) is 0 Å². The van der Waals surface area contributed by atoms with Gasteiger partial charge in [0.05, 0.1) is 30.5 Å². The number of H-pyrrole nitrogens is 1. The lowest BCUT2D eigenvalue weighted by atomic mass is 9.98. The summed E-state index contributed by atoms with van der Waals surface area (Å²) < 4.78 is 0. The van der Waals surface area contributed by atoms with E-state index in [2.05, 4.69) is 9.97 Å². The van der Waals surface area contributed by atoms with Crippen molar-refractivity contribution >= 4 is 5.91 Å². The van der Waals surface area contributed by atoms with Crippen LogP contribution in [0, 0.1) is 5.92 Å². The van der Waals surface area contributed by atoms with Gasteiger partial charge in [-0.15, -0.1) is 0 Å². The summed E-state index contributed by atoms with van der Waals surface area (Å²) in [5.41, 5.74) is 2.06. The minimum absolute atomic E-state index is 0.0172. The predicted molar refractivity (Wildman–Crippen MR) is 97.8 cm³/mol. The molecular weight excluding hydrogens is 314 g/mol. The number of carbonyl (C=O) groups is 1. The maximum Gasteiger partial charge on any atom is 0.225 e. The minimum atomic E-state index is -0.591. The molecule has 0 saturated carbocycles. The van der Waals surface area contributed by atoms with Crippen LogP contribution in [0.2, 0.25) is 0 Å². The molecule has 1 amide bonds. The van der Waals surface area contributed by atoms with Gasteiger partial charge in [0.15, 0.2) is 0 Å². The molecule has 1 aromatic heterocycles. The van der Waals surface area contributed by atoms with Crippen molar-refractivity contribution in [3.63, 3.8) is 0 Å². The Balaban J connectivity index is 1.77. The molecule has 3 rings (SSSR count). The molecule has 2 aromatic rings. The number of nitrogens with zero attached hydrogens (tertiary/aromatic N) is 2. The number of hydrogen-bond acceptors (Lipinski definition) is 3. The third kappa shape index (κ3) is 4.10. The molecule has 0 radical (unpaired) electrons. The minimum Gasteiger partial charge on any atom is -0.392 e. The van der Waals surface area contributed by atoms with E-state index in [0.717, 1.165) is 42.9 Å². The molecule has 5 nitrogen and oxygen atoms in total. The second kappa shape index (κ2) is 7.83. The fraction of sp³-hybridized carbons (Fsp3) is 0.500. The summed E-state index contributed by atoms with van der Waals surface area (Å²) in [7, 11) is 0. The van der Waals surface area contributed by atoms with Crippen molar-refractivity contribution in [2.75, 3.05) is 6.54 Å². The van der Waals surface area contributed by atoms with Crippen molar-refractivity contribution in [2.45, 2.75) is 51.7 Å². The summed E-state index contributed by atoms with van der Waals surface area (Å²) in [6, 6.07) is 10.0. The summed E-state index contributed by atoms with van der Waals surface area (Å²) in [4.78, 5) is 22.5. The van der Waals surface area contributed by atoms with Gasteiger partial charge in [-0.05, 0) is 30.7 Å². The van der Waals surface area contributed by atoms with Gasteiger partial charge >= 0.3 is 0 Å². The predicted octanol–water partition coefficient (Wildman–Crippen LogP) is 3.54. The smallest absolute Gasteiger partial charge is 0.225 e. The topological polar surface area (TPSA) is 69.2 Å². The van der Waals surface area contributed by atoms with Crippen LogP contribution in [0.25, 0.3) is 11.3 Å². The average Bonchev–Trinajstić information content (AvgIpc) is 3.12. The van der Waals surface area contributed by atoms with Crippen LogP contribution >= 0.6 is 0 Å². The number of aliphatic hydroxyl groups excluding tert-OH is 1. The van der Waals surface area contributed by atoms with Gasteiger partial charge in [0.2, 0.25) is 5.91 Å². The molecule has 0 spiro atoms. The number of piperidine rings is 1. The Hall–Kier alpha value is -2.14. The SMILES string of the molecule is CC(C)[C@@H](O)CC(=O)N1CCCC[C@@H]1c1ncc(-c2ccccc2)[nH]1. The third-order valence-corrected chi connectivity index (χ3v) is 4.97. The zero-order valence-corrected chi connectivity index (χ0v) is 15.0. The average molecular weight is 341 g/mol. The Kier molecular flexibility index (Phi) is 5.53. The lowest BCUT2D eigenvalue weighted by Gasteiger charge is -2.35. The van der Waals surface area contributed by atoms with Crippen LogP contribution in [0.4, 0.5) is 0 Å². The van der Waals surface area contributed by atoms with Gasteiger partial charge in [0, 0.05) is 6.54 Å². The van der Waals surface area contributed by atoms with Gasteiger partial charge in [0.1, 0.15) is 5.82 Å². The summed E-state index contributed by atoms with van der Waals surface area (Å²) in [5, 5.41) is 10.1. The number of likely N-dealkylation sites (tertiary alicyclic amines) is 1. The number of aromatic nitrogens is 2. The molecule has 0 aliphatic carbocycles. The Morgan fingerprint density at radius 1 is 1.32 bits per heavy atom. The van der Waals surface area contributed by atoms with E-state index < -0.39 is 6.10 Å².